The van der Waals surface area contributed by atoms with Crippen molar-refractivity contribution in [3.63, 3.8) is 0 Å². The highest BCUT2D eigenvalue weighted by Gasteiger charge is 2.33. The lowest BCUT2D eigenvalue weighted by molar-refractivity contribution is -0.138. The number of aliphatic imine (C=N–C) groups is 1. The van der Waals surface area contributed by atoms with Crippen molar-refractivity contribution in [3.05, 3.63) is 71.0 Å². The van der Waals surface area contributed by atoms with Crippen molar-refractivity contribution >= 4 is 11.9 Å². The van der Waals surface area contributed by atoms with E-state index in [1.165, 1.54) is 4.90 Å². The van der Waals surface area contributed by atoms with Gasteiger partial charge in [-0.25, -0.2) is 9.38 Å². The molecule has 0 unspecified atom stereocenters. The van der Waals surface area contributed by atoms with Crippen molar-refractivity contribution in [1.82, 2.24) is 15.5 Å². The Morgan fingerprint density at radius 1 is 1.07 bits per heavy atom. The average molecular weight is 424 g/mol. The van der Waals surface area contributed by atoms with E-state index in [2.05, 4.69) is 15.6 Å². The molecule has 0 radical (unpaired) electrons. The van der Waals surface area contributed by atoms with Gasteiger partial charge in [0.15, 0.2) is 5.96 Å². The Kier molecular flexibility index (Phi) is 8.20. The van der Waals surface area contributed by atoms with E-state index in [4.69, 9.17) is 0 Å². The molecule has 0 spiro atoms. The molecule has 0 saturated carbocycles. The number of rotatable bonds is 7. The molecule has 0 fully saturated rings. The second kappa shape index (κ2) is 10.6. The summed E-state index contributed by atoms with van der Waals surface area (Å²) in [6.07, 6.45) is -4.03. The van der Waals surface area contributed by atoms with Gasteiger partial charge in [-0.3, -0.25) is 4.79 Å². The molecular weight excluding hydrogens is 400 g/mol. The topological polar surface area (TPSA) is 56.7 Å². The third kappa shape index (κ3) is 7.38. The molecule has 2 aromatic carbocycles. The van der Waals surface area contributed by atoms with Gasteiger partial charge in [0.1, 0.15) is 5.82 Å². The number of nitrogens with zero attached hydrogens (tertiary/aromatic N) is 2. The minimum absolute atomic E-state index is 0.0697. The third-order valence-electron chi connectivity index (χ3n) is 4.24. The summed E-state index contributed by atoms with van der Waals surface area (Å²) in [7, 11) is 3.19. The molecule has 30 heavy (non-hydrogen) atoms. The van der Waals surface area contributed by atoms with Crippen LogP contribution in [-0.2, 0) is 23.9 Å². The zero-order valence-electron chi connectivity index (χ0n) is 16.8. The number of alkyl halides is 3. The fourth-order valence-electron chi connectivity index (χ4n) is 2.58. The summed E-state index contributed by atoms with van der Waals surface area (Å²) in [5, 5.41) is 5.83. The second-order valence-corrected chi connectivity index (χ2v) is 6.77. The molecule has 2 N–H and O–H groups in total. The van der Waals surface area contributed by atoms with Crippen molar-refractivity contribution in [3.8, 4) is 0 Å². The lowest BCUT2D eigenvalue weighted by atomic mass is 10.1. The van der Waals surface area contributed by atoms with Crippen LogP contribution in [0.3, 0.4) is 0 Å². The first-order chi connectivity index (χ1) is 14.2. The highest BCUT2D eigenvalue weighted by atomic mass is 19.4. The second-order valence-electron chi connectivity index (χ2n) is 6.77. The molecule has 0 bridgehead atoms. The lowest BCUT2D eigenvalue weighted by Crippen LogP contribution is -2.43. The molecule has 1 amide bonds. The molecule has 0 aliphatic carbocycles. The number of carbonyl (C=O) groups is 1. The monoisotopic (exact) mass is 424 g/mol. The minimum Gasteiger partial charge on any atom is -0.356 e. The summed E-state index contributed by atoms with van der Waals surface area (Å²) in [6.45, 7) is 0.0627. The van der Waals surface area contributed by atoms with Crippen LogP contribution in [0.25, 0.3) is 0 Å². The van der Waals surface area contributed by atoms with Gasteiger partial charge in [-0.1, -0.05) is 36.4 Å². The van der Waals surface area contributed by atoms with Gasteiger partial charge >= 0.3 is 6.18 Å². The van der Waals surface area contributed by atoms with Gasteiger partial charge in [-0.15, -0.1) is 0 Å². The number of hydrogen-bond acceptors (Lipinski definition) is 2. The molecule has 162 valence electrons. The van der Waals surface area contributed by atoms with Gasteiger partial charge in [0.2, 0.25) is 5.91 Å². The van der Waals surface area contributed by atoms with Crippen LogP contribution >= 0.6 is 0 Å². The summed E-state index contributed by atoms with van der Waals surface area (Å²) in [6, 6.07) is 12.1. The number of halogens is 4. The first-order valence-corrected chi connectivity index (χ1v) is 9.28. The van der Waals surface area contributed by atoms with E-state index in [1.807, 2.05) is 30.3 Å². The van der Waals surface area contributed by atoms with Gasteiger partial charge in [0, 0.05) is 20.6 Å². The summed E-state index contributed by atoms with van der Waals surface area (Å²) >= 11 is 0. The summed E-state index contributed by atoms with van der Waals surface area (Å²) in [5.74, 6) is -0.991. The van der Waals surface area contributed by atoms with E-state index in [-0.39, 0.29) is 30.5 Å². The molecule has 5 nitrogen and oxygen atoms in total. The van der Waals surface area contributed by atoms with Crippen LogP contribution in [0.15, 0.2) is 53.5 Å². The maximum atomic E-state index is 13.3. The molecule has 0 heterocycles. The molecule has 9 heteroatoms. The van der Waals surface area contributed by atoms with Gasteiger partial charge < -0.3 is 15.5 Å². The van der Waals surface area contributed by atoms with Crippen LogP contribution in [0.4, 0.5) is 17.6 Å². The van der Waals surface area contributed by atoms with Gasteiger partial charge in [0.25, 0.3) is 0 Å². The van der Waals surface area contributed by atoms with Crippen molar-refractivity contribution in [2.45, 2.75) is 19.1 Å². The highest BCUT2D eigenvalue weighted by Crippen LogP contribution is 2.32. The smallest absolute Gasteiger partial charge is 0.356 e. The molecular formula is C21H24F4N4O. The van der Waals surface area contributed by atoms with Crippen molar-refractivity contribution in [2.75, 3.05) is 27.2 Å². The molecule has 0 atom stereocenters. The van der Waals surface area contributed by atoms with Crippen molar-refractivity contribution in [1.29, 1.82) is 0 Å². The summed E-state index contributed by atoms with van der Waals surface area (Å²) in [5.41, 5.74) is -0.155. The minimum atomic E-state index is -4.69. The summed E-state index contributed by atoms with van der Waals surface area (Å²) < 4.78 is 52.9. The molecule has 0 aliphatic rings. The number of carbonyl (C=O) groups excluding carboxylic acids is 1. The van der Waals surface area contributed by atoms with Crippen LogP contribution < -0.4 is 10.6 Å². The van der Waals surface area contributed by atoms with E-state index >= 15 is 0 Å². The van der Waals surface area contributed by atoms with Gasteiger partial charge in [-0.2, -0.15) is 13.2 Å². The highest BCUT2D eigenvalue weighted by molar-refractivity contribution is 5.86. The van der Waals surface area contributed by atoms with Crippen LogP contribution in [0.1, 0.15) is 16.7 Å². The normalized spacial score (nSPS) is 11.9. The van der Waals surface area contributed by atoms with Crippen LogP contribution in [0.2, 0.25) is 0 Å². The third-order valence-corrected chi connectivity index (χ3v) is 4.24. The number of hydrogen-bond donors (Lipinski definition) is 2. The molecule has 0 saturated heterocycles. The van der Waals surface area contributed by atoms with Gasteiger partial charge in [0.05, 0.1) is 18.7 Å². The number of amides is 1. The Labute approximate surface area is 172 Å². The Balaban J connectivity index is 2.12. The number of benzene rings is 2. The molecule has 0 aromatic heterocycles. The molecule has 2 aromatic rings. The predicted molar refractivity (Wildman–Crippen MR) is 107 cm³/mol. The lowest BCUT2D eigenvalue weighted by Gasteiger charge is -2.16. The number of nitrogens with one attached hydrogen (secondary N) is 2. The Bertz CT molecular complexity index is 867. The van der Waals surface area contributed by atoms with E-state index in [9.17, 15) is 22.4 Å². The first kappa shape index (κ1) is 23.2. The quantitative estimate of drug-likeness (QED) is 0.408. The Hall–Kier alpha value is -3.10. The largest absolute Gasteiger partial charge is 0.416 e. The fraction of sp³-hybridized carbons (Fsp3) is 0.333. The van der Waals surface area contributed by atoms with Crippen molar-refractivity contribution < 1.29 is 22.4 Å². The number of likely N-dealkylation sites (N-methyl/N-ethyl adjacent to an activating group) is 1. The van der Waals surface area contributed by atoms with Crippen LogP contribution in [0.5, 0.6) is 0 Å². The Morgan fingerprint density at radius 3 is 2.40 bits per heavy atom. The van der Waals surface area contributed by atoms with E-state index in [1.54, 1.807) is 14.1 Å². The zero-order valence-corrected chi connectivity index (χ0v) is 16.8. The molecule has 0 aliphatic heterocycles. The number of guanidine groups is 1. The fourth-order valence-corrected chi connectivity index (χ4v) is 2.58. The molecule has 2 rings (SSSR count). The SMILES string of the molecule is CN(C)C(=O)CNC(=NCc1ccc(F)cc1C(F)(F)F)NCCc1ccccc1. The van der Waals surface area contributed by atoms with E-state index in [0.29, 0.717) is 19.0 Å². The maximum Gasteiger partial charge on any atom is 0.416 e. The average Bonchev–Trinajstić information content (AvgIpc) is 2.70. The predicted octanol–water partition coefficient (Wildman–Crippen LogP) is 3.21. The zero-order chi connectivity index (χ0) is 22.1. The standard InChI is InChI=1S/C21H24F4N4O/c1-29(2)19(30)14-28-20(26-11-10-15-6-4-3-5-7-15)27-13-16-8-9-17(22)12-18(16)21(23,24)25/h3-9,12H,10-11,13-14H2,1-2H3,(H2,26,27,28). The van der Waals surface area contributed by atoms with Crippen molar-refractivity contribution in [2.24, 2.45) is 4.99 Å². The maximum absolute atomic E-state index is 13.3. The van der Waals surface area contributed by atoms with E-state index in [0.717, 1.165) is 17.7 Å². The summed E-state index contributed by atoms with van der Waals surface area (Å²) in [4.78, 5) is 17.4. The first-order valence-electron chi connectivity index (χ1n) is 9.28. The van der Waals surface area contributed by atoms with Gasteiger partial charge in [-0.05, 0) is 29.7 Å². The van der Waals surface area contributed by atoms with Crippen LogP contribution in [0, 0.1) is 5.82 Å². The van der Waals surface area contributed by atoms with Crippen LogP contribution in [-0.4, -0.2) is 44.0 Å². The van der Waals surface area contributed by atoms with E-state index < -0.39 is 17.6 Å². The Morgan fingerprint density at radius 2 is 1.77 bits per heavy atom.